The highest BCUT2D eigenvalue weighted by atomic mass is 32.2. The second-order valence-corrected chi connectivity index (χ2v) is 11.3. The highest BCUT2D eigenvalue weighted by molar-refractivity contribution is 7.80. The number of ether oxygens (including phenoxy) is 1. The van der Waals surface area contributed by atoms with E-state index in [2.05, 4.69) is 5.32 Å². The Morgan fingerprint density at radius 2 is 1.81 bits per heavy atom. The number of nitrogens with two attached hydrogens (primary N) is 1. The molecule has 2 saturated heterocycles. The summed E-state index contributed by atoms with van der Waals surface area (Å²) in [5.74, 6) is -2.00. The molecule has 3 aliphatic rings. The Kier molecular flexibility index (Phi) is 9.19. The minimum Gasteiger partial charge on any atom is -0.381 e. The maximum Gasteiger partial charge on any atom is 0.262 e. The molecule has 0 aliphatic carbocycles. The molecule has 11 nitrogen and oxygen atoms in total. The first-order chi connectivity index (χ1) is 17.8. The first-order valence-electron chi connectivity index (χ1n) is 12.8. The highest BCUT2D eigenvalue weighted by Crippen LogP contribution is 2.30. The Bertz CT molecular complexity index is 1070. The Labute approximate surface area is 219 Å². The fourth-order valence-corrected chi connectivity index (χ4v) is 6.16. The Morgan fingerprint density at radius 1 is 1.08 bits per heavy atom. The van der Waals surface area contributed by atoms with E-state index >= 15 is 0 Å². The number of fused-ring (bicyclic) bond motifs is 1. The van der Waals surface area contributed by atoms with E-state index in [4.69, 9.17) is 10.5 Å². The van der Waals surface area contributed by atoms with Gasteiger partial charge >= 0.3 is 0 Å². The predicted octanol–water partition coefficient (Wildman–Crippen LogP) is 0.361. The number of carbonyl (C=O) groups is 4. The zero-order valence-corrected chi connectivity index (χ0v) is 22.0. The van der Waals surface area contributed by atoms with Gasteiger partial charge in [-0.2, -0.15) is 0 Å². The Balaban J connectivity index is 1.21. The molecule has 3 N–H and O–H groups in total. The van der Waals surface area contributed by atoms with Crippen molar-refractivity contribution in [3.63, 3.8) is 0 Å². The van der Waals surface area contributed by atoms with Gasteiger partial charge in [0.1, 0.15) is 6.04 Å². The van der Waals surface area contributed by atoms with Crippen LogP contribution in [-0.4, -0.2) is 93.3 Å². The number of aryl methyl sites for hydroxylation is 1. The standard InChI is InChI=1S/C25H35N5O6S/c1-28(37(35)29-13-10-18(26)11-14-29)12-4-16-36-15-3-6-17-5-2-7-19-22(17)25(34)30(24(19)33)20-8-9-21(31)27-23(20)32/h2,5,7,18,20H,3-4,6,8-16,26H2,1H3,(H,27,31,32). The van der Waals surface area contributed by atoms with Gasteiger partial charge in [0.25, 0.3) is 11.8 Å². The first kappa shape index (κ1) is 27.5. The molecule has 2 fully saturated rings. The Morgan fingerprint density at radius 3 is 2.54 bits per heavy atom. The van der Waals surface area contributed by atoms with Crippen LogP contribution < -0.4 is 11.1 Å². The van der Waals surface area contributed by atoms with Crippen LogP contribution in [0.25, 0.3) is 0 Å². The van der Waals surface area contributed by atoms with Crippen molar-refractivity contribution in [2.24, 2.45) is 5.73 Å². The van der Waals surface area contributed by atoms with Crippen molar-refractivity contribution in [1.29, 1.82) is 0 Å². The lowest BCUT2D eigenvalue weighted by atomic mass is 9.99. The molecule has 202 valence electrons. The summed E-state index contributed by atoms with van der Waals surface area (Å²) >= 11 is -1.17. The molecule has 4 rings (SSSR count). The number of piperidine rings is 2. The van der Waals surface area contributed by atoms with Gasteiger partial charge in [-0.05, 0) is 50.2 Å². The third-order valence-corrected chi connectivity index (χ3v) is 8.56. The van der Waals surface area contributed by atoms with Crippen LogP contribution in [-0.2, 0) is 31.9 Å². The van der Waals surface area contributed by atoms with Crippen molar-refractivity contribution in [3.05, 3.63) is 34.9 Å². The lowest BCUT2D eigenvalue weighted by Crippen LogP contribution is -2.54. The van der Waals surface area contributed by atoms with Gasteiger partial charge in [0.2, 0.25) is 11.8 Å². The molecular weight excluding hydrogens is 498 g/mol. The molecule has 0 bridgehead atoms. The number of carbonyl (C=O) groups excluding carboxylic acids is 4. The summed E-state index contributed by atoms with van der Waals surface area (Å²) in [5.41, 5.74) is 7.29. The molecule has 0 saturated carbocycles. The third kappa shape index (κ3) is 6.32. The molecule has 2 atom stereocenters. The molecule has 0 aromatic heterocycles. The number of benzene rings is 1. The van der Waals surface area contributed by atoms with Gasteiger partial charge in [0, 0.05) is 52.4 Å². The lowest BCUT2D eigenvalue weighted by molar-refractivity contribution is -0.136. The van der Waals surface area contributed by atoms with Crippen molar-refractivity contribution in [2.75, 3.05) is 39.9 Å². The third-order valence-electron chi connectivity index (χ3n) is 7.04. The molecule has 12 heteroatoms. The second kappa shape index (κ2) is 12.4. The molecule has 0 radical (unpaired) electrons. The van der Waals surface area contributed by atoms with Crippen molar-refractivity contribution >= 4 is 34.8 Å². The number of imide groups is 2. The zero-order chi connectivity index (χ0) is 26.5. The smallest absolute Gasteiger partial charge is 0.262 e. The van der Waals surface area contributed by atoms with Gasteiger partial charge < -0.3 is 10.5 Å². The molecule has 1 aromatic carbocycles. The van der Waals surface area contributed by atoms with Crippen LogP contribution in [0.3, 0.4) is 0 Å². The van der Waals surface area contributed by atoms with Gasteiger partial charge in [-0.25, -0.2) is 12.8 Å². The number of hydrogen-bond donors (Lipinski definition) is 2. The minimum atomic E-state index is -1.17. The van der Waals surface area contributed by atoms with Crippen LogP contribution in [0, 0.1) is 0 Å². The summed E-state index contributed by atoms with van der Waals surface area (Å²) in [6.45, 7) is 3.15. The van der Waals surface area contributed by atoms with Crippen molar-refractivity contribution in [3.8, 4) is 0 Å². The van der Waals surface area contributed by atoms with E-state index in [-0.39, 0.29) is 18.9 Å². The number of nitrogens with zero attached hydrogens (tertiary/aromatic N) is 3. The SMILES string of the molecule is CN(CCCOCCCc1cccc2c1C(=O)N(C1CCC(=O)NC1=O)C2=O)S(=O)N1CCC(N)CC1. The quantitative estimate of drug-likeness (QED) is 0.309. The summed E-state index contributed by atoms with van der Waals surface area (Å²) in [6, 6.07) is 4.38. The van der Waals surface area contributed by atoms with Gasteiger partial charge in [-0.3, -0.25) is 29.4 Å². The highest BCUT2D eigenvalue weighted by Gasteiger charge is 2.45. The topological polar surface area (TPSA) is 142 Å². The molecule has 1 aromatic rings. The summed E-state index contributed by atoms with van der Waals surface area (Å²) in [5, 5.41) is 2.21. The second-order valence-electron chi connectivity index (χ2n) is 9.71. The normalized spacial score (nSPS) is 22.0. The molecule has 0 spiro atoms. The average molecular weight is 534 g/mol. The summed E-state index contributed by atoms with van der Waals surface area (Å²) in [7, 11) is 1.84. The molecular formula is C25H35N5O6S. The monoisotopic (exact) mass is 533 g/mol. The molecule has 3 aliphatic heterocycles. The number of nitrogens with one attached hydrogen (secondary N) is 1. The Hall–Kier alpha value is -2.51. The summed E-state index contributed by atoms with van der Waals surface area (Å²) < 4.78 is 22.1. The molecule has 37 heavy (non-hydrogen) atoms. The molecule has 2 unspecified atom stereocenters. The largest absolute Gasteiger partial charge is 0.381 e. The van der Waals surface area contributed by atoms with E-state index < -0.39 is 40.8 Å². The van der Waals surface area contributed by atoms with Crippen LogP contribution in [0.5, 0.6) is 0 Å². The predicted molar refractivity (Wildman–Crippen MR) is 136 cm³/mol. The van der Waals surface area contributed by atoms with Gasteiger partial charge in [-0.15, -0.1) is 0 Å². The lowest BCUT2D eigenvalue weighted by Gasteiger charge is -2.31. The minimum absolute atomic E-state index is 0.0900. The summed E-state index contributed by atoms with van der Waals surface area (Å²) in [4.78, 5) is 50.8. The van der Waals surface area contributed by atoms with E-state index in [1.165, 1.54) is 0 Å². The van der Waals surface area contributed by atoms with E-state index in [1.807, 2.05) is 21.7 Å². The van der Waals surface area contributed by atoms with Crippen LogP contribution in [0.1, 0.15) is 64.8 Å². The van der Waals surface area contributed by atoms with E-state index in [9.17, 15) is 23.4 Å². The van der Waals surface area contributed by atoms with Crippen LogP contribution in [0.2, 0.25) is 0 Å². The average Bonchev–Trinajstić information content (AvgIpc) is 3.13. The number of hydrogen-bond acceptors (Lipinski definition) is 7. The van der Waals surface area contributed by atoms with Gasteiger partial charge in [-0.1, -0.05) is 12.1 Å². The first-order valence-corrected chi connectivity index (χ1v) is 13.9. The van der Waals surface area contributed by atoms with Crippen molar-refractivity contribution in [2.45, 2.75) is 57.0 Å². The number of rotatable bonds is 11. The van der Waals surface area contributed by atoms with E-state index in [1.54, 1.807) is 12.1 Å². The molecule has 3 heterocycles. The zero-order valence-electron chi connectivity index (χ0n) is 21.1. The fourth-order valence-electron chi connectivity index (χ4n) is 4.96. The maximum atomic E-state index is 13.1. The van der Waals surface area contributed by atoms with Crippen LogP contribution in [0.4, 0.5) is 0 Å². The maximum absolute atomic E-state index is 13.1. The summed E-state index contributed by atoms with van der Waals surface area (Å²) in [6.07, 6.45) is 3.90. The van der Waals surface area contributed by atoms with Crippen LogP contribution in [0.15, 0.2) is 18.2 Å². The van der Waals surface area contributed by atoms with Crippen molar-refractivity contribution < 1.29 is 28.1 Å². The fraction of sp³-hybridized carbons (Fsp3) is 0.600. The van der Waals surface area contributed by atoms with E-state index in [0.717, 1.165) is 42.8 Å². The van der Waals surface area contributed by atoms with Crippen molar-refractivity contribution in [1.82, 2.24) is 18.8 Å². The van der Waals surface area contributed by atoms with Gasteiger partial charge in [0.15, 0.2) is 11.2 Å². The van der Waals surface area contributed by atoms with Crippen LogP contribution >= 0.6 is 0 Å². The molecule has 4 amide bonds. The van der Waals surface area contributed by atoms with E-state index in [0.29, 0.717) is 43.7 Å². The number of amides is 4. The van der Waals surface area contributed by atoms with Gasteiger partial charge in [0.05, 0.1) is 11.1 Å².